The lowest BCUT2D eigenvalue weighted by Crippen LogP contribution is -1.99. The van der Waals surface area contributed by atoms with Crippen molar-refractivity contribution >= 4 is 11.4 Å². The topological polar surface area (TPSA) is 32.3 Å². The predicted molar refractivity (Wildman–Crippen MR) is 86.7 cm³/mol. The summed E-state index contributed by atoms with van der Waals surface area (Å²) >= 11 is 0. The molecule has 104 valence electrons. The molecule has 0 spiro atoms. The molecule has 3 aromatic rings. The van der Waals surface area contributed by atoms with Crippen molar-refractivity contribution in [2.75, 3.05) is 5.32 Å². The Labute approximate surface area is 124 Å². The molecule has 0 radical (unpaired) electrons. The molecule has 0 saturated heterocycles. The normalized spacial score (nSPS) is 11.9. The third kappa shape index (κ3) is 3.30. The molecule has 0 aliphatic heterocycles. The quantitative estimate of drug-likeness (QED) is 0.734. The summed E-state index contributed by atoms with van der Waals surface area (Å²) < 4.78 is 0. The number of anilines is 2. The van der Waals surface area contributed by atoms with Gasteiger partial charge in [-0.05, 0) is 35.4 Å². The van der Waals surface area contributed by atoms with Crippen LogP contribution >= 0.6 is 0 Å². The van der Waals surface area contributed by atoms with Crippen LogP contribution in [0.15, 0.2) is 84.9 Å². The van der Waals surface area contributed by atoms with Gasteiger partial charge >= 0.3 is 0 Å². The van der Waals surface area contributed by atoms with Gasteiger partial charge in [-0.25, -0.2) is 0 Å². The molecule has 2 heteroatoms. The van der Waals surface area contributed by atoms with Crippen molar-refractivity contribution in [3.8, 4) is 0 Å². The van der Waals surface area contributed by atoms with Crippen LogP contribution in [0, 0.1) is 0 Å². The SMILES string of the molecule is OC(c1ccccc1)c1ccc(Nc2ccccc2)cc1. The Morgan fingerprint density at radius 1 is 0.571 bits per heavy atom. The Balaban J connectivity index is 1.75. The third-order valence-corrected chi connectivity index (χ3v) is 3.40. The van der Waals surface area contributed by atoms with Gasteiger partial charge < -0.3 is 10.4 Å². The highest BCUT2D eigenvalue weighted by molar-refractivity contribution is 5.59. The first-order valence-electron chi connectivity index (χ1n) is 6.98. The Bertz CT molecular complexity index is 678. The summed E-state index contributed by atoms with van der Waals surface area (Å²) in [7, 11) is 0. The molecule has 3 aromatic carbocycles. The monoisotopic (exact) mass is 275 g/mol. The summed E-state index contributed by atoms with van der Waals surface area (Å²) in [4.78, 5) is 0. The van der Waals surface area contributed by atoms with Crippen molar-refractivity contribution in [2.24, 2.45) is 0 Å². The van der Waals surface area contributed by atoms with E-state index in [1.165, 1.54) is 0 Å². The average molecular weight is 275 g/mol. The number of hydrogen-bond donors (Lipinski definition) is 2. The minimum absolute atomic E-state index is 0.586. The molecule has 1 unspecified atom stereocenters. The highest BCUT2D eigenvalue weighted by Crippen LogP contribution is 2.24. The molecule has 0 saturated carbocycles. The zero-order chi connectivity index (χ0) is 14.5. The lowest BCUT2D eigenvalue weighted by molar-refractivity contribution is 0.220. The highest BCUT2D eigenvalue weighted by atomic mass is 16.3. The van der Waals surface area contributed by atoms with Gasteiger partial charge in [0.25, 0.3) is 0 Å². The summed E-state index contributed by atoms with van der Waals surface area (Å²) in [5, 5.41) is 13.7. The molecular formula is C19H17NO. The molecule has 0 fully saturated rings. The maximum absolute atomic E-state index is 10.4. The number of hydrogen-bond acceptors (Lipinski definition) is 2. The second kappa shape index (κ2) is 6.25. The summed E-state index contributed by atoms with van der Waals surface area (Å²) in [5.74, 6) is 0. The minimum Gasteiger partial charge on any atom is -0.384 e. The van der Waals surface area contributed by atoms with Crippen LogP contribution in [0.4, 0.5) is 11.4 Å². The van der Waals surface area contributed by atoms with Crippen molar-refractivity contribution in [3.05, 3.63) is 96.1 Å². The first-order valence-corrected chi connectivity index (χ1v) is 6.98. The van der Waals surface area contributed by atoms with E-state index >= 15 is 0 Å². The van der Waals surface area contributed by atoms with Gasteiger partial charge in [0.2, 0.25) is 0 Å². The molecular weight excluding hydrogens is 258 g/mol. The van der Waals surface area contributed by atoms with Crippen molar-refractivity contribution in [2.45, 2.75) is 6.10 Å². The van der Waals surface area contributed by atoms with E-state index in [9.17, 15) is 5.11 Å². The van der Waals surface area contributed by atoms with Crippen molar-refractivity contribution < 1.29 is 5.11 Å². The molecule has 0 aliphatic rings. The van der Waals surface area contributed by atoms with Crippen LogP contribution < -0.4 is 5.32 Å². The van der Waals surface area contributed by atoms with Crippen LogP contribution in [-0.2, 0) is 0 Å². The van der Waals surface area contributed by atoms with E-state index in [-0.39, 0.29) is 0 Å². The van der Waals surface area contributed by atoms with Crippen LogP contribution in [0.3, 0.4) is 0 Å². The summed E-state index contributed by atoms with van der Waals surface area (Å²) in [5.41, 5.74) is 3.85. The van der Waals surface area contributed by atoms with Gasteiger partial charge in [0, 0.05) is 11.4 Å². The Morgan fingerprint density at radius 3 is 1.67 bits per heavy atom. The molecule has 0 aromatic heterocycles. The van der Waals surface area contributed by atoms with E-state index in [2.05, 4.69) is 5.32 Å². The first kappa shape index (κ1) is 13.4. The zero-order valence-corrected chi connectivity index (χ0v) is 11.6. The first-order chi connectivity index (χ1) is 10.3. The summed E-state index contributed by atoms with van der Waals surface area (Å²) in [6.07, 6.45) is -0.586. The average Bonchev–Trinajstić information content (AvgIpc) is 2.57. The maximum atomic E-state index is 10.4. The molecule has 3 rings (SSSR count). The van der Waals surface area contributed by atoms with Gasteiger partial charge in [-0.1, -0.05) is 60.7 Å². The van der Waals surface area contributed by atoms with Crippen molar-refractivity contribution in [1.82, 2.24) is 0 Å². The fourth-order valence-electron chi connectivity index (χ4n) is 2.26. The van der Waals surface area contributed by atoms with Crippen LogP contribution in [0.2, 0.25) is 0 Å². The van der Waals surface area contributed by atoms with Crippen LogP contribution in [0.5, 0.6) is 0 Å². The molecule has 0 bridgehead atoms. The minimum atomic E-state index is -0.586. The number of aliphatic hydroxyl groups is 1. The predicted octanol–water partition coefficient (Wildman–Crippen LogP) is 4.51. The van der Waals surface area contributed by atoms with Gasteiger partial charge in [0.05, 0.1) is 0 Å². The van der Waals surface area contributed by atoms with Gasteiger partial charge in [-0.15, -0.1) is 0 Å². The van der Waals surface area contributed by atoms with E-state index in [1.54, 1.807) is 0 Å². The largest absolute Gasteiger partial charge is 0.384 e. The van der Waals surface area contributed by atoms with Crippen molar-refractivity contribution in [3.63, 3.8) is 0 Å². The zero-order valence-electron chi connectivity index (χ0n) is 11.6. The smallest absolute Gasteiger partial charge is 0.104 e. The molecule has 0 amide bonds. The second-order valence-electron chi connectivity index (χ2n) is 4.93. The van der Waals surface area contributed by atoms with Gasteiger partial charge in [0.1, 0.15) is 6.10 Å². The Morgan fingerprint density at radius 2 is 1.05 bits per heavy atom. The Hall–Kier alpha value is -2.58. The fraction of sp³-hybridized carbons (Fsp3) is 0.0526. The molecule has 2 N–H and O–H groups in total. The van der Waals surface area contributed by atoms with Crippen LogP contribution in [0.25, 0.3) is 0 Å². The van der Waals surface area contributed by atoms with Gasteiger partial charge in [-0.2, -0.15) is 0 Å². The Kier molecular flexibility index (Phi) is 3.99. The van der Waals surface area contributed by atoms with E-state index < -0.39 is 6.10 Å². The van der Waals surface area contributed by atoms with E-state index in [1.807, 2.05) is 84.9 Å². The van der Waals surface area contributed by atoms with E-state index in [0.717, 1.165) is 22.5 Å². The molecule has 1 atom stereocenters. The molecule has 0 heterocycles. The second-order valence-corrected chi connectivity index (χ2v) is 4.93. The maximum Gasteiger partial charge on any atom is 0.104 e. The molecule has 0 aliphatic carbocycles. The fourth-order valence-corrected chi connectivity index (χ4v) is 2.26. The molecule has 21 heavy (non-hydrogen) atoms. The van der Waals surface area contributed by atoms with Crippen molar-refractivity contribution in [1.29, 1.82) is 0 Å². The standard InChI is InChI=1S/C19H17NO/c21-19(15-7-3-1-4-8-15)16-11-13-18(14-12-16)20-17-9-5-2-6-10-17/h1-14,19-21H. The van der Waals surface area contributed by atoms with Crippen LogP contribution in [-0.4, -0.2) is 5.11 Å². The number of nitrogens with one attached hydrogen (secondary N) is 1. The number of aliphatic hydroxyl groups excluding tert-OH is 1. The van der Waals surface area contributed by atoms with E-state index in [0.29, 0.717) is 0 Å². The lowest BCUT2D eigenvalue weighted by atomic mass is 10.0. The number of para-hydroxylation sites is 1. The summed E-state index contributed by atoms with van der Waals surface area (Å²) in [6.45, 7) is 0. The number of benzene rings is 3. The van der Waals surface area contributed by atoms with Gasteiger partial charge in [0.15, 0.2) is 0 Å². The van der Waals surface area contributed by atoms with Gasteiger partial charge in [-0.3, -0.25) is 0 Å². The molecule has 2 nitrogen and oxygen atoms in total. The lowest BCUT2D eigenvalue weighted by Gasteiger charge is -2.12. The van der Waals surface area contributed by atoms with Crippen LogP contribution in [0.1, 0.15) is 17.2 Å². The highest BCUT2D eigenvalue weighted by Gasteiger charge is 2.09. The number of rotatable bonds is 4. The van der Waals surface area contributed by atoms with E-state index in [4.69, 9.17) is 0 Å². The summed E-state index contributed by atoms with van der Waals surface area (Å²) in [6, 6.07) is 27.6. The third-order valence-electron chi connectivity index (χ3n) is 3.40.